The summed E-state index contributed by atoms with van der Waals surface area (Å²) in [5.41, 5.74) is -0.942. The van der Waals surface area contributed by atoms with Crippen LogP contribution in [0.2, 0.25) is 0 Å². The Balaban J connectivity index is 1.70. The molecule has 0 aromatic carbocycles. The minimum Gasteiger partial charge on any atom is -0.363 e. The van der Waals surface area contributed by atoms with Gasteiger partial charge in [0, 0.05) is 52.3 Å². The zero-order valence-corrected chi connectivity index (χ0v) is 15.8. The van der Waals surface area contributed by atoms with Crippen molar-refractivity contribution in [3.8, 4) is 0 Å². The van der Waals surface area contributed by atoms with Crippen LogP contribution in [0.5, 0.6) is 0 Å². The summed E-state index contributed by atoms with van der Waals surface area (Å²) in [5, 5.41) is 0. The van der Waals surface area contributed by atoms with Crippen LogP contribution in [-0.4, -0.2) is 61.0 Å². The average molecular weight is 385 g/mol. The van der Waals surface area contributed by atoms with Gasteiger partial charge in [0.2, 0.25) is 11.9 Å². The number of nitrogens with zero attached hydrogens (tertiary/aromatic N) is 5. The lowest BCUT2D eigenvalue weighted by atomic mass is 9.94. The van der Waals surface area contributed by atoms with Crippen molar-refractivity contribution in [3.63, 3.8) is 0 Å². The lowest BCUT2D eigenvalue weighted by Gasteiger charge is -2.35. The summed E-state index contributed by atoms with van der Waals surface area (Å²) in [6.07, 6.45) is -0.0151. The molecule has 2 saturated heterocycles. The highest BCUT2D eigenvalue weighted by molar-refractivity contribution is 5.79. The van der Waals surface area contributed by atoms with Crippen molar-refractivity contribution in [3.05, 3.63) is 11.8 Å². The predicted octanol–water partition coefficient (Wildman–Crippen LogP) is 2.79. The van der Waals surface area contributed by atoms with Crippen LogP contribution in [0, 0.1) is 5.92 Å². The molecule has 1 aromatic rings. The molecule has 2 aliphatic rings. The SMILES string of the molecule is CN(C)c1cc(C(F)(F)F)nc(N2CCC(C(=O)N3CCCCC3)CC2)n1. The highest BCUT2D eigenvalue weighted by atomic mass is 19.4. The standard InChI is InChI=1S/C18H26F3N5O/c1-24(2)15-12-14(18(19,20)21)22-17(23-15)26-10-6-13(7-11-26)16(27)25-8-4-3-5-9-25/h12-13H,3-11H2,1-2H3. The maximum Gasteiger partial charge on any atom is 0.433 e. The van der Waals surface area contributed by atoms with Crippen LogP contribution in [0.25, 0.3) is 0 Å². The summed E-state index contributed by atoms with van der Waals surface area (Å²) < 4.78 is 39.5. The summed E-state index contributed by atoms with van der Waals surface area (Å²) in [6, 6.07) is 0.954. The van der Waals surface area contributed by atoms with Gasteiger partial charge in [0.05, 0.1) is 0 Å². The van der Waals surface area contributed by atoms with Crippen LogP contribution in [0.15, 0.2) is 6.07 Å². The van der Waals surface area contributed by atoms with E-state index < -0.39 is 11.9 Å². The van der Waals surface area contributed by atoms with Crippen molar-refractivity contribution in [2.45, 2.75) is 38.3 Å². The van der Waals surface area contributed by atoms with Crippen molar-refractivity contribution in [2.24, 2.45) is 5.92 Å². The highest BCUT2D eigenvalue weighted by Gasteiger charge is 2.35. The molecule has 0 bridgehead atoms. The van der Waals surface area contributed by atoms with Crippen molar-refractivity contribution < 1.29 is 18.0 Å². The Hall–Kier alpha value is -2.06. The number of halogens is 3. The zero-order valence-electron chi connectivity index (χ0n) is 15.8. The van der Waals surface area contributed by atoms with Crippen LogP contribution in [0.4, 0.5) is 24.9 Å². The van der Waals surface area contributed by atoms with Gasteiger partial charge in [-0.3, -0.25) is 4.79 Å². The molecule has 1 amide bonds. The molecule has 6 nitrogen and oxygen atoms in total. The monoisotopic (exact) mass is 385 g/mol. The summed E-state index contributed by atoms with van der Waals surface area (Å²) in [5.74, 6) is 0.433. The number of hydrogen-bond donors (Lipinski definition) is 0. The Morgan fingerprint density at radius 3 is 2.26 bits per heavy atom. The maximum absolute atomic E-state index is 13.2. The molecule has 0 unspecified atom stereocenters. The minimum atomic E-state index is -4.52. The molecule has 0 aliphatic carbocycles. The molecule has 0 radical (unpaired) electrons. The lowest BCUT2D eigenvalue weighted by Crippen LogP contribution is -2.44. The van der Waals surface area contributed by atoms with Gasteiger partial charge in [0.25, 0.3) is 0 Å². The summed E-state index contributed by atoms with van der Waals surface area (Å²) >= 11 is 0. The number of hydrogen-bond acceptors (Lipinski definition) is 5. The number of amides is 1. The molecule has 9 heteroatoms. The van der Waals surface area contributed by atoms with Gasteiger partial charge in [-0.1, -0.05) is 0 Å². The number of carbonyl (C=O) groups is 1. The number of carbonyl (C=O) groups excluding carboxylic acids is 1. The van der Waals surface area contributed by atoms with E-state index in [1.165, 1.54) is 11.3 Å². The van der Waals surface area contributed by atoms with E-state index in [4.69, 9.17) is 0 Å². The molecule has 3 rings (SSSR count). The third kappa shape index (κ3) is 4.62. The molecule has 0 spiro atoms. The van der Waals surface area contributed by atoms with Gasteiger partial charge in [-0.05, 0) is 32.1 Å². The minimum absolute atomic E-state index is 0.0570. The molecule has 0 N–H and O–H groups in total. The largest absolute Gasteiger partial charge is 0.433 e. The second-order valence-corrected chi connectivity index (χ2v) is 7.45. The fourth-order valence-corrected chi connectivity index (χ4v) is 3.64. The smallest absolute Gasteiger partial charge is 0.363 e. The molecule has 150 valence electrons. The Bertz CT molecular complexity index is 665. The van der Waals surface area contributed by atoms with E-state index in [9.17, 15) is 18.0 Å². The number of alkyl halides is 3. The van der Waals surface area contributed by atoms with E-state index in [0.29, 0.717) is 25.9 Å². The summed E-state index contributed by atoms with van der Waals surface area (Å²) in [4.78, 5) is 25.9. The molecule has 2 aliphatic heterocycles. The molecule has 2 fully saturated rings. The highest BCUT2D eigenvalue weighted by Crippen LogP contribution is 2.32. The number of piperidine rings is 2. The first-order valence-electron chi connectivity index (χ1n) is 9.43. The zero-order chi connectivity index (χ0) is 19.6. The molecule has 1 aromatic heterocycles. The average Bonchev–Trinajstić information content (AvgIpc) is 2.67. The van der Waals surface area contributed by atoms with Crippen LogP contribution in [-0.2, 0) is 11.0 Å². The van der Waals surface area contributed by atoms with Crippen LogP contribution in [0.1, 0.15) is 37.8 Å². The lowest BCUT2D eigenvalue weighted by molar-refractivity contribution is -0.141. The van der Waals surface area contributed by atoms with Gasteiger partial charge in [-0.15, -0.1) is 0 Å². The van der Waals surface area contributed by atoms with Crippen LogP contribution in [0.3, 0.4) is 0 Å². The van der Waals surface area contributed by atoms with Crippen molar-refractivity contribution in [2.75, 3.05) is 50.1 Å². The third-order valence-electron chi connectivity index (χ3n) is 5.24. The van der Waals surface area contributed by atoms with E-state index in [1.54, 1.807) is 19.0 Å². The Morgan fingerprint density at radius 1 is 1.07 bits per heavy atom. The summed E-state index contributed by atoms with van der Waals surface area (Å²) in [6.45, 7) is 2.61. The summed E-state index contributed by atoms with van der Waals surface area (Å²) in [7, 11) is 3.30. The van der Waals surface area contributed by atoms with Gasteiger partial charge >= 0.3 is 6.18 Å². The second-order valence-electron chi connectivity index (χ2n) is 7.45. The number of rotatable bonds is 3. The molecular weight excluding hydrogens is 359 g/mol. The van der Waals surface area contributed by atoms with Crippen molar-refractivity contribution in [1.29, 1.82) is 0 Å². The van der Waals surface area contributed by atoms with E-state index in [0.717, 1.165) is 32.0 Å². The fraction of sp³-hybridized carbons (Fsp3) is 0.722. The van der Waals surface area contributed by atoms with E-state index in [-0.39, 0.29) is 23.6 Å². The van der Waals surface area contributed by atoms with Gasteiger partial charge in [-0.2, -0.15) is 18.2 Å². The Kier molecular flexibility index (Phi) is 5.76. The number of anilines is 2. The van der Waals surface area contributed by atoms with E-state index >= 15 is 0 Å². The normalized spacial score (nSPS) is 19.3. The first kappa shape index (κ1) is 19.7. The van der Waals surface area contributed by atoms with E-state index in [2.05, 4.69) is 9.97 Å². The molecule has 0 atom stereocenters. The third-order valence-corrected chi connectivity index (χ3v) is 5.24. The Morgan fingerprint density at radius 2 is 1.70 bits per heavy atom. The topological polar surface area (TPSA) is 52.6 Å². The van der Waals surface area contributed by atoms with Gasteiger partial charge in [0.15, 0.2) is 5.69 Å². The molecule has 0 saturated carbocycles. The van der Waals surface area contributed by atoms with Crippen molar-refractivity contribution in [1.82, 2.24) is 14.9 Å². The second kappa shape index (κ2) is 7.90. The first-order valence-corrected chi connectivity index (χ1v) is 9.43. The predicted molar refractivity (Wildman–Crippen MR) is 96.7 cm³/mol. The van der Waals surface area contributed by atoms with Crippen molar-refractivity contribution >= 4 is 17.7 Å². The van der Waals surface area contributed by atoms with Crippen LogP contribution >= 0.6 is 0 Å². The molecule has 27 heavy (non-hydrogen) atoms. The quantitative estimate of drug-likeness (QED) is 0.801. The van der Waals surface area contributed by atoms with Gasteiger partial charge in [0.1, 0.15) is 5.82 Å². The fourth-order valence-electron chi connectivity index (χ4n) is 3.64. The molecular formula is C18H26F3N5O. The number of aromatic nitrogens is 2. The molecule has 3 heterocycles. The van der Waals surface area contributed by atoms with Crippen LogP contribution < -0.4 is 9.80 Å². The Labute approximate surface area is 157 Å². The van der Waals surface area contributed by atoms with Gasteiger partial charge in [-0.25, -0.2) is 4.98 Å². The van der Waals surface area contributed by atoms with Gasteiger partial charge < -0.3 is 14.7 Å². The number of likely N-dealkylation sites (tertiary alicyclic amines) is 1. The first-order chi connectivity index (χ1) is 12.8. The van der Waals surface area contributed by atoms with E-state index in [1.807, 2.05) is 4.90 Å². The maximum atomic E-state index is 13.2.